The van der Waals surface area contributed by atoms with Gasteiger partial charge in [-0.2, -0.15) is 0 Å². The summed E-state index contributed by atoms with van der Waals surface area (Å²) < 4.78 is 6.63. The number of H-pyrrole nitrogens is 1. The van der Waals surface area contributed by atoms with Crippen LogP contribution in [0.2, 0.25) is 19.6 Å². The summed E-state index contributed by atoms with van der Waals surface area (Å²) in [7, 11) is -1.66. The molecule has 3 atom stereocenters. The van der Waals surface area contributed by atoms with Gasteiger partial charge in [0.2, 0.25) is 0 Å². The smallest absolute Gasteiger partial charge is 0.330 e. The quantitative estimate of drug-likeness (QED) is 0.498. The number of aliphatic hydroxyl groups is 2. The summed E-state index contributed by atoms with van der Waals surface area (Å²) in [6, 6.07) is 0. The Morgan fingerprint density at radius 3 is 2.68 bits per heavy atom. The van der Waals surface area contributed by atoms with Crippen LogP contribution in [0.25, 0.3) is 0 Å². The third-order valence-electron chi connectivity index (χ3n) is 3.23. The molecule has 1 fully saturated rings. The van der Waals surface area contributed by atoms with Gasteiger partial charge in [-0.1, -0.05) is 25.6 Å². The first-order chi connectivity index (χ1) is 10.2. The summed E-state index contributed by atoms with van der Waals surface area (Å²) in [5.74, 6) is 2.82. The van der Waals surface area contributed by atoms with E-state index in [1.807, 2.05) is 19.6 Å². The molecule has 0 saturated carbocycles. The fourth-order valence-corrected chi connectivity index (χ4v) is 2.60. The van der Waals surface area contributed by atoms with Crippen molar-refractivity contribution in [1.29, 1.82) is 0 Å². The molecular formula is C14H20N2O5Si. The summed E-state index contributed by atoms with van der Waals surface area (Å²) in [6.45, 7) is 5.81. The molecule has 3 unspecified atom stereocenters. The number of nitrogens with one attached hydrogen (secondary N) is 1. The predicted octanol–water partition coefficient (Wildman–Crippen LogP) is -0.594. The number of nitrogens with zero attached hydrogens (tertiary/aromatic N) is 1. The van der Waals surface area contributed by atoms with Crippen LogP contribution in [0.15, 0.2) is 15.8 Å². The molecule has 1 aromatic rings. The van der Waals surface area contributed by atoms with E-state index in [4.69, 9.17) is 9.84 Å². The van der Waals surface area contributed by atoms with Crippen LogP contribution in [-0.2, 0) is 4.74 Å². The van der Waals surface area contributed by atoms with E-state index in [0.717, 1.165) is 0 Å². The summed E-state index contributed by atoms with van der Waals surface area (Å²) in [5.41, 5.74) is 2.09. The molecule has 22 heavy (non-hydrogen) atoms. The monoisotopic (exact) mass is 324 g/mol. The third kappa shape index (κ3) is 3.75. The molecule has 0 aliphatic carbocycles. The van der Waals surface area contributed by atoms with Gasteiger partial charge in [-0.05, 0) is 0 Å². The highest BCUT2D eigenvalue weighted by atomic mass is 28.3. The molecule has 0 amide bonds. The van der Waals surface area contributed by atoms with E-state index < -0.39 is 37.8 Å². The standard InChI is InChI=1S/C14H20N2O5Si/c1-22(2,3)5-4-9-7-16(14(20)15-13(9)19)12-6-10(18)11(8-17)21-12/h7,10-12,17-18H,6,8H2,1-3H3,(H,15,19,20). The second-order valence-electron chi connectivity index (χ2n) is 6.32. The number of aliphatic hydroxyl groups excluding tert-OH is 2. The third-order valence-corrected chi connectivity index (χ3v) is 4.11. The molecule has 0 bridgehead atoms. The second kappa shape index (κ2) is 6.22. The van der Waals surface area contributed by atoms with Crippen LogP contribution in [0.4, 0.5) is 0 Å². The van der Waals surface area contributed by atoms with E-state index >= 15 is 0 Å². The Morgan fingerprint density at radius 1 is 1.45 bits per heavy atom. The molecule has 1 aliphatic heterocycles. The van der Waals surface area contributed by atoms with Crippen LogP contribution >= 0.6 is 0 Å². The first kappa shape index (κ1) is 16.7. The molecule has 3 N–H and O–H groups in total. The summed E-state index contributed by atoms with van der Waals surface area (Å²) in [4.78, 5) is 26.0. The highest BCUT2D eigenvalue weighted by Crippen LogP contribution is 2.27. The van der Waals surface area contributed by atoms with Gasteiger partial charge >= 0.3 is 5.69 Å². The summed E-state index contributed by atoms with van der Waals surface area (Å²) >= 11 is 0. The molecule has 2 heterocycles. The summed E-state index contributed by atoms with van der Waals surface area (Å²) in [5, 5.41) is 18.8. The van der Waals surface area contributed by atoms with Crippen molar-refractivity contribution in [2.45, 2.75) is 44.5 Å². The Hall–Kier alpha value is -1.66. The zero-order valence-electron chi connectivity index (χ0n) is 12.8. The van der Waals surface area contributed by atoms with Crippen LogP contribution in [0.1, 0.15) is 18.2 Å². The second-order valence-corrected chi connectivity index (χ2v) is 11.1. The molecule has 0 aromatic carbocycles. The number of ether oxygens (including phenoxy) is 1. The molecule has 1 aliphatic rings. The minimum Gasteiger partial charge on any atom is -0.394 e. The lowest BCUT2D eigenvalue weighted by molar-refractivity contribution is -0.0459. The van der Waals surface area contributed by atoms with Gasteiger partial charge in [0.25, 0.3) is 5.56 Å². The van der Waals surface area contributed by atoms with Gasteiger partial charge in [0.05, 0.1) is 12.7 Å². The molecule has 120 valence electrons. The van der Waals surface area contributed by atoms with Crippen LogP contribution in [0.3, 0.4) is 0 Å². The number of hydrogen-bond acceptors (Lipinski definition) is 5. The molecule has 1 aromatic heterocycles. The van der Waals surface area contributed by atoms with Gasteiger partial charge in [0.15, 0.2) is 0 Å². The first-order valence-electron chi connectivity index (χ1n) is 7.04. The van der Waals surface area contributed by atoms with E-state index in [9.17, 15) is 14.7 Å². The average molecular weight is 324 g/mol. The zero-order valence-corrected chi connectivity index (χ0v) is 13.8. The molecule has 2 rings (SSSR count). The molecule has 0 spiro atoms. The van der Waals surface area contributed by atoms with Crippen molar-refractivity contribution in [2.75, 3.05) is 6.61 Å². The molecular weight excluding hydrogens is 304 g/mol. The maximum atomic E-state index is 11.9. The average Bonchev–Trinajstić information content (AvgIpc) is 2.77. The van der Waals surface area contributed by atoms with Crippen LogP contribution in [0, 0.1) is 11.5 Å². The van der Waals surface area contributed by atoms with Gasteiger partial charge in [0.1, 0.15) is 26.0 Å². The number of hydrogen-bond donors (Lipinski definition) is 3. The van der Waals surface area contributed by atoms with Crippen LogP contribution in [0.5, 0.6) is 0 Å². The van der Waals surface area contributed by atoms with Crippen LogP contribution < -0.4 is 11.2 Å². The van der Waals surface area contributed by atoms with Crippen molar-refractivity contribution >= 4 is 8.07 Å². The van der Waals surface area contributed by atoms with Crippen LogP contribution in [-0.4, -0.2) is 46.7 Å². The largest absolute Gasteiger partial charge is 0.394 e. The van der Waals surface area contributed by atoms with Gasteiger partial charge in [-0.15, -0.1) is 5.54 Å². The topological polar surface area (TPSA) is 105 Å². The number of rotatable bonds is 2. The number of aromatic amines is 1. The van der Waals surface area contributed by atoms with Gasteiger partial charge in [-0.25, -0.2) is 4.79 Å². The first-order valence-corrected chi connectivity index (χ1v) is 10.5. The summed E-state index contributed by atoms with van der Waals surface area (Å²) in [6.07, 6.45) is -0.807. The fraction of sp³-hybridized carbons (Fsp3) is 0.571. The SMILES string of the molecule is C[Si](C)(C)C#Cc1cn(C2CC(O)C(CO)O2)c(=O)[nH]c1=O. The minimum atomic E-state index is -1.66. The van der Waals surface area contributed by atoms with E-state index in [-0.39, 0.29) is 18.6 Å². The van der Waals surface area contributed by atoms with E-state index in [2.05, 4.69) is 16.4 Å². The molecule has 7 nitrogen and oxygen atoms in total. The maximum absolute atomic E-state index is 11.9. The van der Waals surface area contributed by atoms with E-state index in [1.165, 1.54) is 10.8 Å². The van der Waals surface area contributed by atoms with Gasteiger partial charge in [-0.3, -0.25) is 14.3 Å². The Morgan fingerprint density at radius 2 is 2.14 bits per heavy atom. The van der Waals surface area contributed by atoms with E-state index in [1.54, 1.807) is 0 Å². The Bertz CT molecular complexity index is 722. The highest BCUT2D eigenvalue weighted by Gasteiger charge is 2.35. The van der Waals surface area contributed by atoms with Crippen molar-refractivity contribution in [1.82, 2.24) is 9.55 Å². The molecule has 0 radical (unpaired) electrons. The normalized spacial score (nSPS) is 24.9. The fourth-order valence-electron chi connectivity index (χ4n) is 2.09. The number of aromatic nitrogens is 2. The van der Waals surface area contributed by atoms with Crippen molar-refractivity contribution < 1.29 is 14.9 Å². The lowest BCUT2D eigenvalue weighted by Crippen LogP contribution is -2.34. The maximum Gasteiger partial charge on any atom is 0.330 e. The Labute approximate surface area is 128 Å². The molecule has 8 heteroatoms. The van der Waals surface area contributed by atoms with Gasteiger partial charge in [0, 0.05) is 12.6 Å². The van der Waals surface area contributed by atoms with Crippen molar-refractivity contribution in [3.63, 3.8) is 0 Å². The molecule has 1 saturated heterocycles. The minimum absolute atomic E-state index is 0.165. The lowest BCUT2D eigenvalue weighted by Gasteiger charge is -2.14. The van der Waals surface area contributed by atoms with Crippen molar-refractivity contribution in [2.24, 2.45) is 0 Å². The zero-order chi connectivity index (χ0) is 16.5. The van der Waals surface area contributed by atoms with Gasteiger partial charge < -0.3 is 14.9 Å². The Balaban J connectivity index is 2.39. The predicted molar refractivity (Wildman–Crippen MR) is 83.2 cm³/mol. The van der Waals surface area contributed by atoms with Crippen molar-refractivity contribution in [3.05, 3.63) is 32.6 Å². The van der Waals surface area contributed by atoms with Crippen molar-refractivity contribution in [3.8, 4) is 11.5 Å². The van der Waals surface area contributed by atoms with E-state index in [0.29, 0.717) is 0 Å². The Kier molecular flexibility index (Phi) is 4.72. The highest BCUT2D eigenvalue weighted by molar-refractivity contribution is 6.83. The lowest BCUT2D eigenvalue weighted by atomic mass is 10.2.